The van der Waals surface area contributed by atoms with Crippen LogP contribution < -0.4 is 5.32 Å². The van der Waals surface area contributed by atoms with E-state index in [2.05, 4.69) is 9.71 Å². The molecular formula is C18H17ClFN3O3S. The van der Waals surface area contributed by atoms with Crippen molar-refractivity contribution in [2.24, 2.45) is 4.40 Å². The Morgan fingerprint density at radius 3 is 2.52 bits per heavy atom. The number of hydrogen-bond donors (Lipinski definition) is 1. The zero-order valence-corrected chi connectivity index (χ0v) is 16.0. The summed E-state index contributed by atoms with van der Waals surface area (Å²) in [5, 5.41) is 2.58. The van der Waals surface area contributed by atoms with Gasteiger partial charge in [-0.1, -0.05) is 11.6 Å². The van der Waals surface area contributed by atoms with Gasteiger partial charge < -0.3 is 10.2 Å². The molecule has 0 bridgehead atoms. The first-order chi connectivity index (χ1) is 12.8. The fourth-order valence-electron chi connectivity index (χ4n) is 2.68. The molecule has 1 amide bonds. The zero-order chi connectivity index (χ0) is 19.6. The van der Waals surface area contributed by atoms with Gasteiger partial charge in [0.05, 0.1) is 15.5 Å². The van der Waals surface area contributed by atoms with Crippen molar-refractivity contribution in [3.05, 3.63) is 58.9 Å². The summed E-state index contributed by atoms with van der Waals surface area (Å²) in [7, 11) is -2.01. The van der Waals surface area contributed by atoms with Crippen LogP contribution in [0.3, 0.4) is 0 Å². The Kier molecular flexibility index (Phi) is 5.48. The third-order valence-electron chi connectivity index (χ3n) is 4.15. The molecule has 1 saturated heterocycles. The minimum atomic E-state index is -3.81. The lowest BCUT2D eigenvalue weighted by atomic mass is 10.2. The number of benzene rings is 2. The Bertz CT molecular complexity index is 1010. The van der Waals surface area contributed by atoms with E-state index in [-0.39, 0.29) is 15.5 Å². The molecule has 3 rings (SSSR count). The smallest absolute Gasteiger partial charge is 0.283 e. The quantitative estimate of drug-likeness (QED) is 0.837. The summed E-state index contributed by atoms with van der Waals surface area (Å²) in [6, 6.07) is 9.12. The van der Waals surface area contributed by atoms with Crippen molar-refractivity contribution in [3.8, 4) is 0 Å². The van der Waals surface area contributed by atoms with Gasteiger partial charge in [0.25, 0.3) is 15.9 Å². The van der Waals surface area contributed by atoms with E-state index in [1.54, 1.807) is 7.05 Å². The molecule has 1 aliphatic rings. The molecule has 1 fully saturated rings. The number of halogens is 2. The Morgan fingerprint density at radius 2 is 1.93 bits per heavy atom. The van der Waals surface area contributed by atoms with Gasteiger partial charge >= 0.3 is 0 Å². The Balaban J connectivity index is 1.76. The van der Waals surface area contributed by atoms with Crippen molar-refractivity contribution < 1.29 is 17.6 Å². The van der Waals surface area contributed by atoms with E-state index in [4.69, 9.17) is 11.6 Å². The third kappa shape index (κ3) is 4.45. The predicted octanol–water partition coefficient (Wildman–Crippen LogP) is 3.54. The average molecular weight is 410 g/mol. The Hall–Kier alpha value is -2.45. The van der Waals surface area contributed by atoms with E-state index in [0.717, 1.165) is 25.1 Å². The van der Waals surface area contributed by atoms with E-state index in [1.807, 2.05) is 4.90 Å². The van der Waals surface area contributed by atoms with Crippen LogP contribution in [0.5, 0.6) is 0 Å². The lowest BCUT2D eigenvalue weighted by Gasteiger charge is -2.11. The van der Waals surface area contributed by atoms with Crippen LogP contribution in [0.25, 0.3) is 0 Å². The van der Waals surface area contributed by atoms with E-state index >= 15 is 0 Å². The van der Waals surface area contributed by atoms with Crippen molar-refractivity contribution in [2.45, 2.75) is 17.7 Å². The first-order valence-corrected chi connectivity index (χ1v) is 9.99. The van der Waals surface area contributed by atoms with E-state index in [0.29, 0.717) is 17.9 Å². The number of hydrogen-bond acceptors (Lipinski definition) is 3. The van der Waals surface area contributed by atoms with Gasteiger partial charge in [0.2, 0.25) is 0 Å². The number of carbonyl (C=O) groups is 1. The van der Waals surface area contributed by atoms with E-state index in [1.165, 1.54) is 30.3 Å². The summed E-state index contributed by atoms with van der Waals surface area (Å²) in [6.45, 7) is 0.783. The summed E-state index contributed by atoms with van der Waals surface area (Å²) in [6.07, 6.45) is 1.50. The van der Waals surface area contributed by atoms with Crippen LogP contribution >= 0.6 is 11.6 Å². The SMILES string of the molecule is CN1CCCC1=NS(=O)(=O)c1ccc(NC(=O)c2ccc(F)cc2Cl)cc1. The van der Waals surface area contributed by atoms with Gasteiger partial charge in [-0.3, -0.25) is 4.79 Å². The monoisotopic (exact) mass is 409 g/mol. The first-order valence-electron chi connectivity index (χ1n) is 8.18. The average Bonchev–Trinajstić information content (AvgIpc) is 2.99. The van der Waals surface area contributed by atoms with Crippen molar-refractivity contribution >= 4 is 39.1 Å². The minimum Gasteiger partial charge on any atom is -0.362 e. The molecule has 2 aromatic rings. The number of anilines is 1. The number of nitrogens with zero attached hydrogens (tertiary/aromatic N) is 2. The topological polar surface area (TPSA) is 78.8 Å². The number of carbonyl (C=O) groups excluding carboxylic acids is 1. The Morgan fingerprint density at radius 1 is 1.22 bits per heavy atom. The van der Waals surface area contributed by atoms with Gasteiger partial charge in [0, 0.05) is 25.7 Å². The number of nitrogens with one attached hydrogen (secondary N) is 1. The lowest BCUT2D eigenvalue weighted by molar-refractivity contribution is 0.102. The predicted molar refractivity (Wildman–Crippen MR) is 102 cm³/mol. The van der Waals surface area contributed by atoms with Gasteiger partial charge in [-0.25, -0.2) is 4.39 Å². The summed E-state index contributed by atoms with van der Waals surface area (Å²) < 4.78 is 41.8. The molecule has 0 spiro atoms. The number of rotatable bonds is 4. The highest BCUT2D eigenvalue weighted by Crippen LogP contribution is 2.21. The molecule has 1 aliphatic heterocycles. The van der Waals surface area contributed by atoms with Gasteiger partial charge in [0.1, 0.15) is 11.7 Å². The molecular weight excluding hydrogens is 393 g/mol. The second-order valence-corrected chi connectivity index (χ2v) is 8.12. The summed E-state index contributed by atoms with van der Waals surface area (Å²) >= 11 is 5.87. The van der Waals surface area contributed by atoms with Crippen molar-refractivity contribution in [3.63, 3.8) is 0 Å². The van der Waals surface area contributed by atoms with Gasteiger partial charge in [-0.2, -0.15) is 8.42 Å². The van der Waals surface area contributed by atoms with Crippen LogP contribution in [-0.2, 0) is 10.0 Å². The molecule has 1 N–H and O–H groups in total. The maximum Gasteiger partial charge on any atom is 0.283 e. The van der Waals surface area contributed by atoms with Crippen LogP contribution in [-0.4, -0.2) is 38.7 Å². The van der Waals surface area contributed by atoms with Crippen LogP contribution in [0.1, 0.15) is 23.2 Å². The molecule has 6 nitrogen and oxygen atoms in total. The van der Waals surface area contributed by atoms with Crippen LogP contribution in [0.4, 0.5) is 10.1 Å². The third-order valence-corrected chi connectivity index (χ3v) is 5.78. The molecule has 0 atom stereocenters. The zero-order valence-electron chi connectivity index (χ0n) is 14.4. The molecule has 0 radical (unpaired) electrons. The highest BCUT2D eigenvalue weighted by molar-refractivity contribution is 7.90. The number of amidine groups is 1. The molecule has 9 heteroatoms. The number of amides is 1. The molecule has 0 unspecified atom stereocenters. The summed E-state index contributed by atoms with van der Waals surface area (Å²) in [5.74, 6) is -0.526. The second kappa shape index (κ2) is 7.66. The molecule has 0 saturated carbocycles. The standard InChI is InChI=1S/C18H17ClFN3O3S/c1-23-10-2-3-17(23)22-27(25,26)14-7-5-13(6-8-14)21-18(24)15-9-4-12(20)11-16(15)19/h4-9,11H,2-3,10H2,1H3,(H,21,24). The Labute approximate surface area is 161 Å². The van der Waals surface area contributed by atoms with Crippen LogP contribution in [0.15, 0.2) is 51.8 Å². The molecule has 2 aromatic carbocycles. The molecule has 0 aromatic heterocycles. The molecule has 0 aliphatic carbocycles. The molecule has 1 heterocycles. The van der Waals surface area contributed by atoms with Gasteiger partial charge in [-0.05, 0) is 48.9 Å². The maximum atomic E-state index is 13.1. The normalized spacial score (nSPS) is 16.0. The van der Waals surface area contributed by atoms with Crippen LogP contribution in [0, 0.1) is 5.82 Å². The van der Waals surface area contributed by atoms with Gasteiger partial charge in [-0.15, -0.1) is 4.40 Å². The van der Waals surface area contributed by atoms with Gasteiger partial charge in [0.15, 0.2) is 0 Å². The lowest BCUT2D eigenvalue weighted by Crippen LogP contribution is -2.20. The summed E-state index contributed by atoms with van der Waals surface area (Å²) in [5.41, 5.74) is 0.496. The van der Waals surface area contributed by atoms with Crippen molar-refractivity contribution in [1.82, 2.24) is 4.90 Å². The largest absolute Gasteiger partial charge is 0.362 e. The van der Waals surface area contributed by atoms with Crippen molar-refractivity contribution in [1.29, 1.82) is 0 Å². The van der Waals surface area contributed by atoms with Crippen molar-refractivity contribution in [2.75, 3.05) is 18.9 Å². The molecule has 27 heavy (non-hydrogen) atoms. The minimum absolute atomic E-state index is 0.0109. The van der Waals surface area contributed by atoms with E-state index < -0.39 is 21.7 Å². The molecule has 142 valence electrons. The highest BCUT2D eigenvalue weighted by Gasteiger charge is 2.20. The first kappa shape index (κ1) is 19.3. The highest BCUT2D eigenvalue weighted by atomic mass is 35.5. The second-order valence-electron chi connectivity index (χ2n) is 6.11. The fourth-order valence-corrected chi connectivity index (χ4v) is 4.03. The van der Waals surface area contributed by atoms with Crippen LogP contribution in [0.2, 0.25) is 5.02 Å². The van der Waals surface area contributed by atoms with E-state index in [9.17, 15) is 17.6 Å². The number of likely N-dealkylation sites (tertiary alicyclic amines) is 1. The summed E-state index contributed by atoms with van der Waals surface area (Å²) in [4.78, 5) is 14.1. The maximum absolute atomic E-state index is 13.1. The fraction of sp³-hybridized carbons (Fsp3) is 0.222. The number of sulfonamides is 1.